The van der Waals surface area contributed by atoms with Gasteiger partial charge in [-0.25, -0.2) is 8.42 Å². The quantitative estimate of drug-likeness (QED) is 0.137. The van der Waals surface area contributed by atoms with E-state index in [1.807, 2.05) is 30.3 Å². The Bertz CT molecular complexity index is 1890. The van der Waals surface area contributed by atoms with Crippen LogP contribution in [0, 0.1) is 23.7 Å². The molecule has 14 heteroatoms. The van der Waals surface area contributed by atoms with Gasteiger partial charge in [-0.05, 0) is 82.9 Å². The van der Waals surface area contributed by atoms with Crippen LogP contribution in [0.3, 0.4) is 0 Å². The van der Waals surface area contributed by atoms with Gasteiger partial charge >= 0.3 is 17.9 Å². The van der Waals surface area contributed by atoms with Crippen molar-refractivity contribution in [3.8, 4) is 0 Å². The average Bonchev–Trinajstić information content (AvgIpc) is 3.53. The molecule has 0 aromatic heterocycles. The molecule has 1 aliphatic carbocycles. The van der Waals surface area contributed by atoms with Gasteiger partial charge in [0.1, 0.15) is 17.8 Å². The maximum absolute atomic E-state index is 14.5. The monoisotopic (exact) mass is 824 g/mol. The molecule has 2 aromatic carbocycles. The van der Waals surface area contributed by atoms with Crippen molar-refractivity contribution in [1.29, 1.82) is 0 Å². The zero-order chi connectivity index (χ0) is 43.4. The molecular formula is C44H60N2O11S. The molecule has 0 bridgehead atoms. The van der Waals surface area contributed by atoms with Gasteiger partial charge < -0.3 is 24.8 Å². The topological polar surface area (TPSA) is 188 Å². The minimum atomic E-state index is -3.62. The molecule has 2 aromatic rings. The fraction of sp³-hybridized carbons (Fsp3) is 0.545. The van der Waals surface area contributed by atoms with Gasteiger partial charge in [0.15, 0.2) is 15.6 Å². The first-order valence-corrected chi connectivity index (χ1v) is 21.6. The standard InChI is InChI=1S/C44H60N2O11S/c1-28(2)35(42(52)45-34(19-20-58(9,53)54)25-39(50)57-44(6,7)8)26-36(47)40(32-21-30-17-13-14-18-31(30)22-32)46-41(51)33(24-38(49)56-43(3,4)5)23-37(48)55-27-29-15-11-10-12-16-29/h10-20,28,32-35,40H,21-27H2,1-9H3,(H,45,52)(H,46,51)/b20-19+/t33-,34+,35-,40-/m0/s1. The van der Waals surface area contributed by atoms with Crippen molar-refractivity contribution in [3.63, 3.8) is 0 Å². The van der Waals surface area contributed by atoms with Crippen LogP contribution in [-0.4, -0.2) is 73.5 Å². The smallest absolute Gasteiger partial charge is 0.308 e. The lowest BCUT2D eigenvalue weighted by atomic mass is 9.83. The van der Waals surface area contributed by atoms with Crippen LogP contribution in [0.25, 0.3) is 0 Å². The summed E-state index contributed by atoms with van der Waals surface area (Å²) >= 11 is 0. The van der Waals surface area contributed by atoms with Gasteiger partial charge in [-0.2, -0.15) is 0 Å². The lowest BCUT2D eigenvalue weighted by molar-refractivity contribution is -0.159. The van der Waals surface area contributed by atoms with E-state index in [0.717, 1.165) is 28.4 Å². The third kappa shape index (κ3) is 16.9. The van der Waals surface area contributed by atoms with Crippen molar-refractivity contribution < 1.29 is 51.4 Å². The molecule has 318 valence electrons. The minimum absolute atomic E-state index is 0.0385. The fourth-order valence-electron chi connectivity index (χ4n) is 6.63. The Morgan fingerprint density at radius 2 is 1.24 bits per heavy atom. The largest absolute Gasteiger partial charge is 0.461 e. The first-order valence-electron chi connectivity index (χ1n) is 19.6. The number of fused-ring (bicyclic) bond motifs is 1. The highest BCUT2D eigenvalue weighted by atomic mass is 32.2. The third-order valence-corrected chi connectivity index (χ3v) is 9.96. The van der Waals surface area contributed by atoms with E-state index < -0.39 is 105 Å². The summed E-state index contributed by atoms with van der Waals surface area (Å²) in [7, 11) is -3.62. The molecule has 3 rings (SSSR count). The number of ketones is 1. The van der Waals surface area contributed by atoms with E-state index in [1.165, 1.54) is 6.08 Å². The number of carbonyl (C=O) groups is 6. The molecule has 1 aliphatic rings. The first kappa shape index (κ1) is 47.5. The molecule has 0 aliphatic heterocycles. The number of amides is 2. The molecule has 13 nitrogen and oxygen atoms in total. The highest BCUT2D eigenvalue weighted by molar-refractivity contribution is 7.93. The predicted octanol–water partition coefficient (Wildman–Crippen LogP) is 5.37. The first-order chi connectivity index (χ1) is 26.9. The second kappa shape index (κ2) is 20.7. The molecular weight excluding hydrogens is 765 g/mol. The highest BCUT2D eigenvalue weighted by Gasteiger charge is 2.39. The molecule has 0 spiro atoms. The summed E-state index contributed by atoms with van der Waals surface area (Å²) in [4.78, 5) is 81.5. The van der Waals surface area contributed by atoms with Crippen LogP contribution in [0.1, 0.15) is 97.8 Å². The summed E-state index contributed by atoms with van der Waals surface area (Å²) in [6.07, 6.45) is 1.50. The number of ether oxygens (including phenoxy) is 3. The number of hydrogen-bond donors (Lipinski definition) is 2. The Kier molecular flexibility index (Phi) is 17.0. The van der Waals surface area contributed by atoms with Gasteiger partial charge in [-0.3, -0.25) is 28.8 Å². The summed E-state index contributed by atoms with van der Waals surface area (Å²) in [5, 5.41) is 6.50. The molecule has 2 N–H and O–H groups in total. The average molecular weight is 825 g/mol. The van der Waals surface area contributed by atoms with Gasteiger partial charge in [-0.15, -0.1) is 0 Å². The Hall–Kier alpha value is -4.85. The zero-order valence-electron chi connectivity index (χ0n) is 35.2. The highest BCUT2D eigenvalue weighted by Crippen LogP contribution is 2.31. The summed E-state index contributed by atoms with van der Waals surface area (Å²) in [6, 6.07) is 14.5. The summed E-state index contributed by atoms with van der Waals surface area (Å²) in [5.74, 6) is -6.85. The van der Waals surface area contributed by atoms with Gasteiger partial charge in [0.05, 0.1) is 37.3 Å². The van der Waals surface area contributed by atoms with E-state index in [0.29, 0.717) is 12.8 Å². The number of nitrogens with one attached hydrogen (secondary N) is 2. The molecule has 0 saturated heterocycles. The van der Waals surface area contributed by atoms with E-state index >= 15 is 0 Å². The van der Waals surface area contributed by atoms with E-state index in [1.54, 1.807) is 79.7 Å². The molecule has 58 heavy (non-hydrogen) atoms. The van der Waals surface area contributed by atoms with Crippen molar-refractivity contribution >= 4 is 45.3 Å². The molecule has 4 atom stereocenters. The fourth-order valence-corrected chi connectivity index (χ4v) is 7.11. The number of hydrogen-bond acceptors (Lipinski definition) is 11. The van der Waals surface area contributed by atoms with Crippen LogP contribution in [0.5, 0.6) is 0 Å². The Labute approximate surface area is 343 Å². The minimum Gasteiger partial charge on any atom is -0.461 e. The number of esters is 3. The number of benzene rings is 2. The molecule has 2 amide bonds. The molecule has 0 unspecified atom stereocenters. The Balaban J connectivity index is 1.90. The van der Waals surface area contributed by atoms with Gasteiger partial charge in [0, 0.05) is 24.0 Å². The predicted molar refractivity (Wildman–Crippen MR) is 218 cm³/mol. The Morgan fingerprint density at radius 1 is 0.724 bits per heavy atom. The number of carbonyl (C=O) groups excluding carboxylic acids is 6. The van der Waals surface area contributed by atoms with Crippen molar-refractivity contribution in [2.75, 3.05) is 6.26 Å². The van der Waals surface area contributed by atoms with Gasteiger partial charge in [0.2, 0.25) is 11.8 Å². The second-order valence-electron chi connectivity index (χ2n) is 17.3. The number of sulfone groups is 1. The van der Waals surface area contributed by atoms with E-state index in [9.17, 15) is 37.2 Å². The Morgan fingerprint density at radius 3 is 1.76 bits per heavy atom. The van der Waals surface area contributed by atoms with E-state index in [2.05, 4.69) is 10.6 Å². The summed E-state index contributed by atoms with van der Waals surface area (Å²) < 4.78 is 40.3. The second-order valence-corrected chi connectivity index (χ2v) is 19.3. The molecule has 0 heterocycles. The maximum Gasteiger partial charge on any atom is 0.308 e. The normalized spacial score (nSPS) is 15.5. The van der Waals surface area contributed by atoms with E-state index in [-0.39, 0.29) is 19.4 Å². The van der Waals surface area contributed by atoms with Gasteiger partial charge in [-0.1, -0.05) is 74.5 Å². The van der Waals surface area contributed by atoms with Crippen LogP contribution in [0.15, 0.2) is 66.1 Å². The summed E-state index contributed by atoms with van der Waals surface area (Å²) in [5.41, 5.74) is 1.07. The SMILES string of the molecule is CC(C)[C@H](CC(=O)[C@@H](NC(=O)[C@@H](CC(=O)OCc1ccccc1)CC(=O)OC(C)(C)C)C1Cc2ccccc2C1)C(=O)N[C@H](/C=C/S(C)(=O)=O)CC(=O)OC(C)(C)C. The lowest BCUT2D eigenvalue weighted by Gasteiger charge is -2.29. The van der Waals surface area contributed by atoms with Gasteiger partial charge in [0.25, 0.3) is 0 Å². The van der Waals surface area contributed by atoms with Crippen LogP contribution >= 0.6 is 0 Å². The molecule has 0 fully saturated rings. The third-order valence-electron chi connectivity index (χ3n) is 9.31. The lowest BCUT2D eigenvalue weighted by Crippen LogP contribution is -2.50. The van der Waals surface area contributed by atoms with Crippen LogP contribution < -0.4 is 10.6 Å². The van der Waals surface area contributed by atoms with Crippen LogP contribution in [0.2, 0.25) is 0 Å². The van der Waals surface area contributed by atoms with Crippen LogP contribution in [-0.2, 0) is 72.3 Å². The van der Waals surface area contributed by atoms with Crippen molar-refractivity contribution in [2.45, 2.75) is 124 Å². The zero-order valence-corrected chi connectivity index (χ0v) is 36.0. The summed E-state index contributed by atoms with van der Waals surface area (Å²) in [6.45, 7) is 13.6. The van der Waals surface area contributed by atoms with Crippen LogP contribution in [0.4, 0.5) is 0 Å². The molecule has 0 radical (unpaired) electrons. The number of rotatable bonds is 19. The molecule has 0 saturated carbocycles. The van der Waals surface area contributed by atoms with E-state index in [4.69, 9.17) is 14.2 Å². The maximum atomic E-state index is 14.5. The van der Waals surface area contributed by atoms with Crippen molar-refractivity contribution in [2.24, 2.45) is 23.7 Å². The number of Topliss-reactive ketones (excluding diaryl/α,β-unsaturated/α-hetero) is 1. The van der Waals surface area contributed by atoms with Crippen molar-refractivity contribution in [1.82, 2.24) is 10.6 Å². The van der Waals surface area contributed by atoms with Crippen molar-refractivity contribution in [3.05, 3.63) is 82.8 Å².